The van der Waals surface area contributed by atoms with Crippen LogP contribution in [0.3, 0.4) is 0 Å². The molecule has 0 spiro atoms. The lowest BCUT2D eigenvalue weighted by atomic mass is 9.85. The predicted molar refractivity (Wildman–Crippen MR) is 238 cm³/mol. The van der Waals surface area contributed by atoms with Crippen LogP contribution in [0.1, 0.15) is 160 Å². The normalized spacial score (nSPS) is 11.6. The Balaban J connectivity index is 0.000000344. The van der Waals surface area contributed by atoms with Crippen molar-refractivity contribution >= 4 is 0 Å². The maximum Gasteiger partial charge on any atom is 0.0409 e. The standard InChI is InChI=1S/5C10H15N/c1-8-5-9(7-11-6-8)10(2,3)4;1-8-7-11-6-5-9(8)10(2,3)4;1-8-7-9(5-6-11-8)10(2,3)4;1-8-5-6-11-7-9(8)10(2,3)4;1-8-9(10(2,3)4)6-5-7-11-8/h5*5-7H,1-4H3. The molecular weight excluding hydrogens is 671 g/mol. The van der Waals surface area contributed by atoms with E-state index in [1.807, 2.05) is 62.6 Å². The Kier molecular flexibility index (Phi) is 18.3. The first kappa shape index (κ1) is 48.8. The van der Waals surface area contributed by atoms with Gasteiger partial charge < -0.3 is 0 Å². The number of pyridine rings is 5. The van der Waals surface area contributed by atoms with Crippen molar-refractivity contribution in [2.24, 2.45) is 0 Å². The maximum absolute atomic E-state index is 4.25. The molecule has 0 saturated heterocycles. The molecule has 55 heavy (non-hydrogen) atoms. The molecule has 5 heterocycles. The first-order valence-electron chi connectivity index (χ1n) is 19.6. The van der Waals surface area contributed by atoms with Crippen molar-refractivity contribution in [3.8, 4) is 0 Å². The van der Waals surface area contributed by atoms with Crippen LogP contribution in [-0.4, -0.2) is 24.9 Å². The zero-order chi connectivity index (χ0) is 42.4. The molecule has 0 atom stereocenters. The SMILES string of the molecule is Cc1cc(C(C)(C)C)ccn1.Cc1ccncc1C(C)(C)C.Cc1cncc(C(C)(C)C)c1.Cc1cnccc1C(C)(C)C.Cc1ncccc1C(C)(C)C. The summed E-state index contributed by atoms with van der Waals surface area (Å²) < 4.78 is 0. The van der Waals surface area contributed by atoms with Crippen molar-refractivity contribution in [3.63, 3.8) is 0 Å². The van der Waals surface area contributed by atoms with Crippen LogP contribution in [0.25, 0.3) is 0 Å². The van der Waals surface area contributed by atoms with Gasteiger partial charge in [0.05, 0.1) is 0 Å². The predicted octanol–water partition coefficient (Wildman–Crippen LogP) is 13.4. The average molecular weight is 746 g/mol. The van der Waals surface area contributed by atoms with Gasteiger partial charge in [0.2, 0.25) is 0 Å². The van der Waals surface area contributed by atoms with Crippen molar-refractivity contribution in [2.75, 3.05) is 0 Å². The zero-order valence-electron chi connectivity index (χ0n) is 38.4. The Labute approximate surface area is 337 Å². The van der Waals surface area contributed by atoms with Crippen molar-refractivity contribution in [1.82, 2.24) is 24.9 Å². The first-order chi connectivity index (χ1) is 25.0. The fourth-order valence-electron chi connectivity index (χ4n) is 5.82. The smallest absolute Gasteiger partial charge is 0.0409 e. The van der Waals surface area contributed by atoms with Crippen molar-refractivity contribution in [3.05, 3.63) is 148 Å². The largest absolute Gasteiger partial charge is 0.264 e. The van der Waals surface area contributed by atoms with Crippen LogP contribution in [0.5, 0.6) is 0 Å². The molecule has 0 aliphatic rings. The number of aromatic nitrogens is 5. The summed E-state index contributed by atoms with van der Waals surface area (Å²) in [5.74, 6) is 0. The molecule has 0 amide bonds. The number of aryl methyl sites for hydroxylation is 5. The molecule has 5 heteroatoms. The highest BCUT2D eigenvalue weighted by Crippen LogP contribution is 2.26. The Morgan fingerprint density at radius 3 is 1.29 bits per heavy atom. The molecule has 0 aromatic carbocycles. The number of nitrogens with zero attached hydrogens (tertiary/aromatic N) is 5. The minimum absolute atomic E-state index is 0.221. The third kappa shape index (κ3) is 18.3. The second kappa shape index (κ2) is 20.6. The van der Waals surface area contributed by atoms with Crippen LogP contribution in [0.4, 0.5) is 0 Å². The minimum atomic E-state index is 0.221. The van der Waals surface area contributed by atoms with E-state index in [2.05, 4.69) is 193 Å². The Morgan fingerprint density at radius 1 is 0.382 bits per heavy atom. The molecule has 0 aliphatic heterocycles. The lowest BCUT2D eigenvalue weighted by Crippen LogP contribution is -2.13. The van der Waals surface area contributed by atoms with E-state index in [1.54, 1.807) is 0 Å². The topological polar surface area (TPSA) is 64.5 Å². The van der Waals surface area contributed by atoms with Gasteiger partial charge in [-0.25, -0.2) is 0 Å². The summed E-state index contributed by atoms with van der Waals surface area (Å²) >= 11 is 0. The molecule has 5 aromatic rings. The van der Waals surface area contributed by atoms with Gasteiger partial charge in [-0.1, -0.05) is 116 Å². The van der Waals surface area contributed by atoms with Gasteiger partial charge in [-0.05, 0) is 137 Å². The van der Waals surface area contributed by atoms with Gasteiger partial charge in [-0.15, -0.1) is 0 Å². The fraction of sp³-hybridized carbons (Fsp3) is 0.500. The average Bonchev–Trinajstić information content (AvgIpc) is 3.04. The van der Waals surface area contributed by atoms with Crippen LogP contribution in [0, 0.1) is 34.6 Å². The molecule has 0 saturated carbocycles. The van der Waals surface area contributed by atoms with E-state index >= 15 is 0 Å². The molecule has 0 fully saturated rings. The van der Waals surface area contributed by atoms with E-state index in [0.29, 0.717) is 0 Å². The summed E-state index contributed by atoms with van der Waals surface area (Å²) in [6, 6.07) is 14.7. The van der Waals surface area contributed by atoms with Crippen LogP contribution >= 0.6 is 0 Å². The van der Waals surface area contributed by atoms with Gasteiger partial charge in [0.25, 0.3) is 0 Å². The highest BCUT2D eigenvalue weighted by atomic mass is 14.7. The molecule has 0 aliphatic carbocycles. The van der Waals surface area contributed by atoms with E-state index in [-0.39, 0.29) is 27.1 Å². The summed E-state index contributed by atoms with van der Waals surface area (Å²) in [5, 5.41) is 0. The van der Waals surface area contributed by atoms with Gasteiger partial charge >= 0.3 is 0 Å². The van der Waals surface area contributed by atoms with Crippen molar-refractivity contribution < 1.29 is 0 Å². The van der Waals surface area contributed by atoms with Gasteiger partial charge in [0, 0.05) is 61.0 Å². The van der Waals surface area contributed by atoms with Crippen LogP contribution < -0.4 is 0 Å². The molecule has 300 valence electrons. The van der Waals surface area contributed by atoms with Crippen LogP contribution in [0.15, 0.2) is 92.0 Å². The quantitative estimate of drug-likeness (QED) is 0.158. The first-order valence-corrected chi connectivity index (χ1v) is 19.6. The number of hydrogen-bond acceptors (Lipinski definition) is 5. The van der Waals surface area contributed by atoms with Gasteiger partial charge in [-0.2, -0.15) is 0 Å². The molecule has 0 radical (unpaired) electrons. The Hall–Kier alpha value is -4.25. The second-order valence-electron chi connectivity index (χ2n) is 19.7. The summed E-state index contributed by atoms with van der Waals surface area (Å²) in [5.41, 5.74) is 13.9. The third-order valence-corrected chi connectivity index (χ3v) is 8.99. The van der Waals surface area contributed by atoms with Crippen molar-refractivity contribution in [1.29, 1.82) is 0 Å². The van der Waals surface area contributed by atoms with E-state index in [1.165, 1.54) is 44.5 Å². The minimum Gasteiger partial charge on any atom is -0.264 e. The molecule has 5 nitrogen and oxygen atoms in total. The summed E-state index contributed by atoms with van der Waals surface area (Å²) in [4.78, 5) is 20.7. The highest BCUT2D eigenvalue weighted by molar-refractivity contribution is 5.29. The zero-order valence-corrected chi connectivity index (χ0v) is 38.4. The van der Waals surface area contributed by atoms with E-state index in [9.17, 15) is 0 Å². The van der Waals surface area contributed by atoms with E-state index in [0.717, 1.165) is 11.4 Å². The molecule has 5 rings (SSSR count). The van der Waals surface area contributed by atoms with Crippen molar-refractivity contribution in [2.45, 2.75) is 166 Å². The fourth-order valence-corrected chi connectivity index (χ4v) is 5.82. The number of rotatable bonds is 0. The number of hydrogen-bond donors (Lipinski definition) is 0. The molecular formula is C50H75N5. The Morgan fingerprint density at radius 2 is 0.927 bits per heavy atom. The van der Waals surface area contributed by atoms with E-state index < -0.39 is 0 Å². The highest BCUT2D eigenvalue weighted by Gasteiger charge is 2.17. The summed E-state index contributed by atoms with van der Waals surface area (Å²) in [6.45, 7) is 43.5. The van der Waals surface area contributed by atoms with Crippen LogP contribution in [0.2, 0.25) is 0 Å². The monoisotopic (exact) mass is 746 g/mol. The third-order valence-electron chi connectivity index (χ3n) is 8.99. The Bertz CT molecular complexity index is 1680. The molecule has 0 N–H and O–H groups in total. The molecule has 5 aromatic heterocycles. The lowest BCUT2D eigenvalue weighted by molar-refractivity contribution is 0.582. The van der Waals surface area contributed by atoms with E-state index in [4.69, 9.17) is 0 Å². The second-order valence-corrected chi connectivity index (χ2v) is 19.7. The van der Waals surface area contributed by atoms with Gasteiger partial charge in [0.1, 0.15) is 0 Å². The lowest BCUT2D eigenvalue weighted by Gasteiger charge is -2.20. The van der Waals surface area contributed by atoms with Gasteiger partial charge in [0.15, 0.2) is 0 Å². The van der Waals surface area contributed by atoms with Crippen LogP contribution in [-0.2, 0) is 27.1 Å². The maximum atomic E-state index is 4.25. The van der Waals surface area contributed by atoms with Gasteiger partial charge in [-0.3, -0.25) is 24.9 Å². The summed E-state index contributed by atoms with van der Waals surface area (Å²) in [7, 11) is 0. The summed E-state index contributed by atoms with van der Waals surface area (Å²) in [6.07, 6.45) is 15.1. The molecule has 0 unspecified atom stereocenters. The molecule has 0 bridgehead atoms.